The first kappa shape index (κ1) is 16.8. The summed E-state index contributed by atoms with van der Waals surface area (Å²) in [6, 6.07) is 17.2. The highest BCUT2D eigenvalue weighted by Crippen LogP contribution is 2.21. The molecule has 6 heteroatoms. The van der Waals surface area contributed by atoms with Crippen LogP contribution in [0.2, 0.25) is 0 Å². The molecule has 2 rings (SSSR count). The summed E-state index contributed by atoms with van der Waals surface area (Å²) in [5.74, 6) is -1.40. The van der Waals surface area contributed by atoms with E-state index in [-0.39, 0.29) is 11.3 Å². The average molecular weight is 322 g/mol. The quantitative estimate of drug-likeness (QED) is 0.629. The molecule has 0 aliphatic carbocycles. The Kier molecular flexibility index (Phi) is 5.70. The predicted molar refractivity (Wildman–Crippen MR) is 88.2 cm³/mol. The third-order valence-electron chi connectivity index (χ3n) is 2.97. The molecule has 0 saturated carbocycles. The summed E-state index contributed by atoms with van der Waals surface area (Å²) in [7, 11) is 0. The summed E-state index contributed by atoms with van der Waals surface area (Å²) in [6.45, 7) is -0.511. The molecular formula is C18H14N2O4. The minimum absolute atomic E-state index is 0.120. The Balaban J connectivity index is 2.22. The van der Waals surface area contributed by atoms with Crippen LogP contribution in [0.1, 0.15) is 5.56 Å². The Labute approximate surface area is 138 Å². The highest BCUT2D eigenvalue weighted by Gasteiger charge is 2.11. The van der Waals surface area contributed by atoms with Gasteiger partial charge in [0.05, 0.1) is 0 Å². The topological polar surface area (TPSA) is 99.4 Å². The fourth-order valence-corrected chi connectivity index (χ4v) is 1.89. The van der Waals surface area contributed by atoms with Gasteiger partial charge in [0.15, 0.2) is 6.61 Å². The molecule has 2 N–H and O–H groups in total. The van der Waals surface area contributed by atoms with Gasteiger partial charge in [-0.05, 0) is 24.3 Å². The van der Waals surface area contributed by atoms with E-state index in [1.54, 1.807) is 48.5 Å². The summed E-state index contributed by atoms with van der Waals surface area (Å²) in [5.41, 5.74) is 0.891. The van der Waals surface area contributed by atoms with Crippen molar-refractivity contribution < 1.29 is 19.4 Å². The van der Waals surface area contributed by atoms with E-state index in [1.807, 2.05) is 12.1 Å². The Morgan fingerprint density at radius 2 is 1.79 bits per heavy atom. The van der Waals surface area contributed by atoms with E-state index in [1.165, 1.54) is 6.08 Å². The summed E-state index contributed by atoms with van der Waals surface area (Å²) in [4.78, 5) is 22.8. The highest BCUT2D eigenvalue weighted by molar-refractivity contribution is 6.09. The Bertz CT molecular complexity index is 807. The van der Waals surface area contributed by atoms with Crippen LogP contribution in [-0.4, -0.2) is 23.6 Å². The largest absolute Gasteiger partial charge is 0.481 e. The number of nitrogens with zero attached hydrogens (tertiary/aromatic N) is 1. The van der Waals surface area contributed by atoms with E-state index in [0.717, 1.165) is 0 Å². The monoisotopic (exact) mass is 322 g/mol. The second-order valence-corrected chi connectivity index (χ2v) is 4.71. The normalized spacial score (nSPS) is 10.5. The molecule has 0 radical (unpaired) electrons. The maximum atomic E-state index is 12.2. The van der Waals surface area contributed by atoms with Gasteiger partial charge in [-0.2, -0.15) is 5.26 Å². The van der Waals surface area contributed by atoms with Gasteiger partial charge in [0, 0.05) is 11.3 Å². The summed E-state index contributed by atoms with van der Waals surface area (Å²) in [5, 5.41) is 20.5. The molecule has 1 amide bonds. The molecule has 0 spiro atoms. The third kappa shape index (κ3) is 4.71. The van der Waals surface area contributed by atoms with Crippen LogP contribution in [0.15, 0.2) is 60.2 Å². The number of aliphatic carboxylic acids is 1. The fourth-order valence-electron chi connectivity index (χ4n) is 1.89. The van der Waals surface area contributed by atoms with Gasteiger partial charge < -0.3 is 15.2 Å². The molecule has 0 atom stereocenters. The molecule has 0 bridgehead atoms. The van der Waals surface area contributed by atoms with Crippen molar-refractivity contribution in [3.63, 3.8) is 0 Å². The predicted octanol–water partition coefficient (Wildman–Crippen LogP) is 2.70. The van der Waals surface area contributed by atoms with Crippen LogP contribution in [-0.2, 0) is 9.59 Å². The standard InChI is InChI=1S/C18H14N2O4/c19-11-14(18(23)20-15-7-2-1-3-8-15)10-13-6-4-5-9-16(13)24-12-17(21)22/h1-10H,12H2,(H,20,23)(H,21,22)/b14-10+. The van der Waals surface area contributed by atoms with Crippen LogP contribution in [0.3, 0.4) is 0 Å². The first-order chi connectivity index (χ1) is 11.6. The van der Waals surface area contributed by atoms with Crippen LogP contribution in [0.25, 0.3) is 6.08 Å². The van der Waals surface area contributed by atoms with Crippen molar-refractivity contribution in [2.45, 2.75) is 0 Å². The first-order valence-electron chi connectivity index (χ1n) is 7.02. The van der Waals surface area contributed by atoms with Gasteiger partial charge in [0.1, 0.15) is 17.4 Å². The number of carbonyl (C=O) groups excluding carboxylic acids is 1. The smallest absolute Gasteiger partial charge is 0.341 e. The number of amides is 1. The molecule has 0 saturated heterocycles. The number of para-hydroxylation sites is 2. The van der Waals surface area contributed by atoms with Gasteiger partial charge in [-0.3, -0.25) is 4.79 Å². The minimum atomic E-state index is -1.11. The lowest BCUT2D eigenvalue weighted by molar-refractivity contribution is -0.139. The van der Waals surface area contributed by atoms with E-state index in [9.17, 15) is 14.9 Å². The van der Waals surface area contributed by atoms with Crippen LogP contribution >= 0.6 is 0 Å². The number of hydrogen-bond donors (Lipinski definition) is 2. The SMILES string of the molecule is N#C/C(=C\c1ccccc1OCC(=O)O)C(=O)Nc1ccccc1. The molecular weight excluding hydrogens is 308 g/mol. The maximum absolute atomic E-state index is 12.2. The van der Waals surface area contributed by atoms with Crippen molar-refractivity contribution in [1.29, 1.82) is 5.26 Å². The molecule has 6 nitrogen and oxygen atoms in total. The molecule has 0 aromatic heterocycles. The maximum Gasteiger partial charge on any atom is 0.341 e. The van der Waals surface area contributed by atoms with Gasteiger partial charge in [-0.25, -0.2) is 4.79 Å². The van der Waals surface area contributed by atoms with Crippen molar-refractivity contribution in [2.24, 2.45) is 0 Å². The van der Waals surface area contributed by atoms with Gasteiger partial charge >= 0.3 is 5.97 Å². The number of benzene rings is 2. The van der Waals surface area contributed by atoms with Crippen molar-refractivity contribution >= 4 is 23.6 Å². The van der Waals surface area contributed by atoms with Gasteiger partial charge in [0.2, 0.25) is 0 Å². The molecule has 0 unspecified atom stereocenters. The third-order valence-corrected chi connectivity index (χ3v) is 2.97. The Hall–Kier alpha value is -3.59. The van der Waals surface area contributed by atoms with E-state index in [0.29, 0.717) is 11.3 Å². The second kappa shape index (κ2) is 8.15. The molecule has 0 fully saturated rings. The second-order valence-electron chi connectivity index (χ2n) is 4.71. The van der Waals surface area contributed by atoms with E-state index in [2.05, 4.69) is 5.32 Å². The number of carboxylic acid groups (broad SMARTS) is 1. The number of rotatable bonds is 6. The van der Waals surface area contributed by atoms with Crippen molar-refractivity contribution in [2.75, 3.05) is 11.9 Å². The zero-order valence-corrected chi connectivity index (χ0v) is 12.6. The highest BCUT2D eigenvalue weighted by atomic mass is 16.5. The number of carboxylic acids is 1. The van der Waals surface area contributed by atoms with Crippen molar-refractivity contribution in [3.8, 4) is 11.8 Å². The van der Waals surface area contributed by atoms with Gasteiger partial charge in [-0.15, -0.1) is 0 Å². The number of carbonyl (C=O) groups is 2. The molecule has 2 aromatic carbocycles. The molecule has 2 aromatic rings. The molecule has 0 heterocycles. The zero-order chi connectivity index (χ0) is 17.4. The fraction of sp³-hybridized carbons (Fsp3) is 0.0556. The van der Waals surface area contributed by atoms with E-state index in [4.69, 9.17) is 9.84 Å². The number of nitrogens with one attached hydrogen (secondary N) is 1. The van der Waals surface area contributed by atoms with Gasteiger partial charge in [0.25, 0.3) is 5.91 Å². The van der Waals surface area contributed by atoms with E-state index < -0.39 is 18.5 Å². The lowest BCUT2D eigenvalue weighted by Crippen LogP contribution is -2.13. The van der Waals surface area contributed by atoms with Crippen molar-refractivity contribution in [1.82, 2.24) is 0 Å². The minimum Gasteiger partial charge on any atom is -0.481 e. The Morgan fingerprint density at radius 1 is 1.12 bits per heavy atom. The van der Waals surface area contributed by atoms with Crippen molar-refractivity contribution in [3.05, 3.63) is 65.7 Å². The number of hydrogen-bond acceptors (Lipinski definition) is 4. The Morgan fingerprint density at radius 3 is 2.46 bits per heavy atom. The molecule has 0 aliphatic rings. The van der Waals surface area contributed by atoms with Crippen LogP contribution in [0.4, 0.5) is 5.69 Å². The summed E-state index contributed by atoms with van der Waals surface area (Å²) < 4.78 is 5.16. The van der Waals surface area contributed by atoms with Gasteiger partial charge in [-0.1, -0.05) is 36.4 Å². The number of nitriles is 1. The summed E-state index contributed by atoms with van der Waals surface area (Å²) in [6.07, 6.45) is 1.36. The number of ether oxygens (including phenoxy) is 1. The summed E-state index contributed by atoms with van der Waals surface area (Å²) >= 11 is 0. The molecule has 120 valence electrons. The number of anilines is 1. The van der Waals surface area contributed by atoms with E-state index >= 15 is 0 Å². The van der Waals surface area contributed by atoms with Crippen LogP contribution in [0, 0.1) is 11.3 Å². The van der Waals surface area contributed by atoms with Crippen LogP contribution < -0.4 is 10.1 Å². The molecule has 0 aliphatic heterocycles. The average Bonchev–Trinajstić information content (AvgIpc) is 2.59. The first-order valence-corrected chi connectivity index (χ1v) is 7.02. The van der Waals surface area contributed by atoms with Crippen LogP contribution in [0.5, 0.6) is 5.75 Å². The lowest BCUT2D eigenvalue weighted by Gasteiger charge is -2.08. The lowest BCUT2D eigenvalue weighted by atomic mass is 10.1. The zero-order valence-electron chi connectivity index (χ0n) is 12.6. The molecule has 24 heavy (non-hydrogen) atoms.